The van der Waals surface area contributed by atoms with Crippen molar-refractivity contribution in [3.63, 3.8) is 0 Å². The summed E-state index contributed by atoms with van der Waals surface area (Å²) in [6, 6.07) is 10.9. The van der Waals surface area contributed by atoms with E-state index in [1.54, 1.807) is 36.3 Å². The van der Waals surface area contributed by atoms with E-state index in [4.69, 9.17) is 9.47 Å². The molecular formula is C20H22N2O4. The Morgan fingerprint density at radius 2 is 1.88 bits per heavy atom. The molecule has 0 saturated carbocycles. The van der Waals surface area contributed by atoms with Gasteiger partial charge in [-0.15, -0.1) is 0 Å². The van der Waals surface area contributed by atoms with E-state index >= 15 is 0 Å². The van der Waals surface area contributed by atoms with Gasteiger partial charge in [-0.3, -0.25) is 14.6 Å². The van der Waals surface area contributed by atoms with Crippen molar-refractivity contribution in [2.75, 3.05) is 26.8 Å². The van der Waals surface area contributed by atoms with E-state index < -0.39 is 0 Å². The molecule has 0 aliphatic carbocycles. The lowest BCUT2D eigenvalue weighted by molar-refractivity contribution is -0.129. The highest BCUT2D eigenvalue weighted by molar-refractivity contribution is 5.98. The third-order valence-corrected chi connectivity index (χ3v) is 4.29. The van der Waals surface area contributed by atoms with E-state index in [0.29, 0.717) is 43.2 Å². The Balaban J connectivity index is 1.48. The topological polar surface area (TPSA) is 68.7 Å². The predicted octanol–water partition coefficient (Wildman–Crippen LogP) is 2.52. The number of carbonyl (C=O) groups excluding carboxylic acids is 2. The normalized spacial score (nSPS) is 12.5. The van der Waals surface area contributed by atoms with E-state index in [0.717, 1.165) is 5.69 Å². The van der Waals surface area contributed by atoms with E-state index in [2.05, 4.69) is 4.98 Å². The molecule has 6 heteroatoms. The number of ketones is 1. The van der Waals surface area contributed by atoms with Crippen LogP contribution in [-0.2, 0) is 11.2 Å². The average Bonchev–Trinajstić information content (AvgIpc) is 2.70. The number of aromatic nitrogens is 1. The molecular weight excluding hydrogens is 332 g/mol. The van der Waals surface area contributed by atoms with Gasteiger partial charge >= 0.3 is 0 Å². The van der Waals surface area contributed by atoms with Crippen LogP contribution in [0.5, 0.6) is 11.5 Å². The highest BCUT2D eigenvalue weighted by Crippen LogP contribution is 2.31. The number of hydrogen-bond acceptors (Lipinski definition) is 5. The predicted molar refractivity (Wildman–Crippen MR) is 96.6 cm³/mol. The van der Waals surface area contributed by atoms with Gasteiger partial charge in [-0.05, 0) is 30.3 Å². The zero-order chi connectivity index (χ0) is 18.4. The molecule has 0 spiro atoms. The molecule has 26 heavy (non-hydrogen) atoms. The fourth-order valence-electron chi connectivity index (χ4n) is 2.73. The molecule has 0 unspecified atom stereocenters. The molecule has 1 amide bonds. The van der Waals surface area contributed by atoms with Gasteiger partial charge in [0.15, 0.2) is 17.3 Å². The van der Waals surface area contributed by atoms with Gasteiger partial charge in [0, 0.05) is 50.3 Å². The van der Waals surface area contributed by atoms with Crippen LogP contribution in [0.2, 0.25) is 0 Å². The quantitative estimate of drug-likeness (QED) is 0.715. The molecule has 2 heterocycles. The number of carbonyl (C=O) groups is 2. The summed E-state index contributed by atoms with van der Waals surface area (Å²) < 4.78 is 10.9. The summed E-state index contributed by atoms with van der Waals surface area (Å²) in [5.41, 5.74) is 1.48. The maximum absolute atomic E-state index is 12.4. The number of ether oxygens (including phenoxy) is 2. The minimum absolute atomic E-state index is 0.0492. The molecule has 6 nitrogen and oxygen atoms in total. The Labute approximate surface area is 152 Å². The summed E-state index contributed by atoms with van der Waals surface area (Å²) in [5.74, 6) is 1.11. The Kier molecular flexibility index (Phi) is 5.84. The fourth-order valence-corrected chi connectivity index (χ4v) is 2.73. The lowest BCUT2D eigenvalue weighted by Crippen LogP contribution is -2.29. The first-order valence-electron chi connectivity index (χ1n) is 8.70. The number of amides is 1. The minimum Gasteiger partial charge on any atom is -0.486 e. The van der Waals surface area contributed by atoms with Crippen molar-refractivity contribution in [2.24, 2.45) is 0 Å². The molecule has 1 aliphatic heterocycles. The number of fused-ring (bicyclic) bond motifs is 1. The number of nitrogens with zero attached hydrogens (tertiary/aromatic N) is 2. The van der Waals surface area contributed by atoms with Gasteiger partial charge < -0.3 is 14.4 Å². The molecule has 0 saturated heterocycles. The minimum atomic E-state index is -0.0755. The van der Waals surface area contributed by atoms with Gasteiger partial charge in [-0.1, -0.05) is 6.07 Å². The summed E-state index contributed by atoms with van der Waals surface area (Å²) in [6.07, 6.45) is 2.79. The molecule has 0 fully saturated rings. The highest BCUT2D eigenvalue weighted by Gasteiger charge is 2.17. The first-order chi connectivity index (χ1) is 12.6. The van der Waals surface area contributed by atoms with Crippen molar-refractivity contribution in [3.8, 4) is 11.5 Å². The maximum Gasteiger partial charge on any atom is 0.222 e. The molecule has 0 atom stereocenters. The summed E-state index contributed by atoms with van der Waals surface area (Å²) >= 11 is 0. The van der Waals surface area contributed by atoms with Gasteiger partial charge in [0.25, 0.3) is 0 Å². The molecule has 1 aromatic heterocycles. The second-order valence-corrected chi connectivity index (χ2v) is 6.17. The van der Waals surface area contributed by atoms with Crippen LogP contribution in [-0.4, -0.2) is 48.4 Å². The highest BCUT2D eigenvalue weighted by atomic mass is 16.6. The standard InChI is InChI=1S/C20H22N2O4/c1-22(11-9-16-4-2-3-10-21-16)20(24)8-6-17(23)15-5-7-18-19(14-15)26-13-12-25-18/h2-5,7,10,14H,6,8-9,11-13H2,1H3. The van der Waals surface area contributed by atoms with Gasteiger partial charge in [0.1, 0.15) is 13.2 Å². The molecule has 0 radical (unpaired) electrons. The lowest BCUT2D eigenvalue weighted by atomic mass is 10.1. The van der Waals surface area contributed by atoms with Crippen molar-refractivity contribution in [1.29, 1.82) is 0 Å². The van der Waals surface area contributed by atoms with Gasteiger partial charge in [-0.2, -0.15) is 0 Å². The van der Waals surface area contributed by atoms with E-state index in [-0.39, 0.29) is 24.5 Å². The van der Waals surface area contributed by atoms with Crippen LogP contribution in [0, 0.1) is 0 Å². The molecule has 0 N–H and O–H groups in total. The third-order valence-electron chi connectivity index (χ3n) is 4.29. The molecule has 1 aliphatic rings. The van der Waals surface area contributed by atoms with Crippen molar-refractivity contribution >= 4 is 11.7 Å². The average molecular weight is 354 g/mol. The van der Waals surface area contributed by atoms with Crippen LogP contribution >= 0.6 is 0 Å². The summed E-state index contributed by atoms with van der Waals surface area (Å²) in [7, 11) is 1.75. The third kappa shape index (κ3) is 4.59. The number of rotatable bonds is 7. The van der Waals surface area contributed by atoms with E-state index in [1.807, 2.05) is 18.2 Å². The molecule has 3 rings (SSSR count). The largest absolute Gasteiger partial charge is 0.486 e. The molecule has 136 valence electrons. The van der Waals surface area contributed by atoms with Crippen molar-refractivity contribution in [1.82, 2.24) is 9.88 Å². The summed E-state index contributed by atoms with van der Waals surface area (Å²) in [5, 5.41) is 0. The molecule has 1 aromatic carbocycles. The van der Waals surface area contributed by atoms with E-state index in [1.165, 1.54) is 0 Å². The lowest BCUT2D eigenvalue weighted by Gasteiger charge is -2.19. The Morgan fingerprint density at radius 3 is 2.65 bits per heavy atom. The van der Waals surface area contributed by atoms with Crippen LogP contribution in [0.3, 0.4) is 0 Å². The zero-order valence-electron chi connectivity index (χ0n) is 14.8. The van der Waals surface area contributed by atoms with Gasteiger partial charge in [-0.25, -0.2) is 0 Å². The fraction of sp³-hybridized carbons (Fsp3) is 0.350. The van der Waals surface area contributed by atoms with Gasteiger partial charge in [0.05, 0.1) is 0 Å². The number of hydrogen-bond donors (Lipinski definition) is 0. The smallest absolute Gasteiger partial charge is 0.222 e. The first-order valence-corrected chi connectivity index (χ1v) is 8.70. The van der Waals surface area contributed by atoms with Crippen LogP contribution < -0.4 is 9.47 Å². The van der Waals surface area contributed by atoms with Crippen LogP contribution in [0.15, 0.2) is 42.6 Å². The van der Waals surface area contributed by atoms with Gasteiger partial charge in [0.2, 0.25) is 5.91 Å². The molecule has 0 bridgehead atoms. The van der Waals surface area contributed by atoms with Crippen molar-refractivity contribution in [2.45, 2.75) is 19.3 Å². The van der Waals surface area contributed by atoms with Crippen molar-refractivity contribution in [3.05, 3.63) is 53.9 Å². The van der Waals surface area contributed by atoms with E-state index in [9.17, 15) is 9.59 Å². The number of pyridine rings is 1. The monoisotopic (exact) mass is 354 g/mol. The second kappa shape index (κ2) is 8.47. The van der Waals surface area contributed by atoms with Crippen LogP contribution in [0.1, 0.15) is 28.9 Å². The Hall–Kier alpha value is -2.89. The first kappa shape index (κ1) is 17.9. The Bertz CT molecular complexity index is 777. The number of benzene rings is 1. The van der Waals surface area contributed by atoms with Crippen LogP contribution in [0.25, 0.3) is 0 Å². The van der Waals surface area contributed by atoms with Crippen molar-refractivity contribution < 1.29 is 19.1 Å². The Morgan fingerprint density at radius 1 is 1.08 bits per heavy atom. The summed E-state index contributed by atoms with van der Waals surface area (Å²) in [6.45, 7) is 1.57. The summed E-state index contributed by atoms with van der Waals surface area (Å²) in [4.78, 5) is 30.5. The SMILES string of the molecule is CN(CCc1ccccn1)C(=O)CCC(=O)c1ccc2c(c1)OCCO2. The maximum atomic E-state index is 12.4. The van der Waals surface area contributed by atoms with Crippen LogP contribution in [0.4, 0.5) is 0 Å². The number of Topliss-reactive ketones (excluding diaryl/α,β-unsaturated/α-hetero) is 1. The second-order valence-electron chi connectivity index (χ2n) is 6.17. The number of likely N-dealkylation sites (N-methyl/N-ethyl adjacent to an activating group) is 1. The molecule has 2 aromatic rings. The zero-order valence-corrected chi connectivity index (χ0v) is 14.8.